The highest BCUT2D eigenvalue weighted by atomic mass is 127. The third-order valence-corrected chi connectivity index (χ3v) is 5.47. The van der Waals surface area contributed by atoms with Crippen LogP contribution < -0.4 is 34.3 Å². The lowest BCUT2D eigenvalue weighted by Crippen LogP contribution is -2.30. The first-order valence-electron chi connectivity index (χ1n) is 10.7. The topological polar surface area (TPSA) is 82.6 Å². The van der Waals surface area contributed by atoms with Gasteiger partial charge in [0.25, 0.3) is 0 Å². The normalized spacial score (nSPS) is 13.7. The van der Waals surface area contributed by atoms with Gasteiger partial charge < -0.3 is 34.3 Å². The van der Waals surface area contributed by atoms with Crippen molar-refractivity contribution in [2.75, 3.05) is 40.8 Å². The van der Waals surface area contributed by atoms with E-state index in [-0.39, 0.29) is 30.1 Å². The number of methoxy groups -OCH3 is 4. The summed E-state index contributed by atoms with van der Waals surface area (Å²) in [6, 6.07) is 9.56. The molecule has 8 nitrogen and oxygen atoms in total. The van der Waals surface area contributed by atoms with E-state index in [0.29, 0.717) is 29.8 Å². The summed E-state index contributed by atoms with van der Waals surface area (Å²) in [5.41, 5.74) is 1.79. The van der Waals surface area contributed by atoms with Gasteiger partial charge >= 0.3 is 0 Å². The Kier molecular flexibility index (Phi) is 10.7. The molecule has 1 fully saturated rings. The Morgan fingerprint density at radius 3 is 2.12 bits per heavy atom. The Morgan fingerprint density at radius 2 is 1.58 bits per heavy atom. The van der Waals surface area contributed by atoms with Crippen molar-refractivity contribution < 1.29 is 23.7 Å². The van der Waals surface area contributed by atoms with Gasteiger partial charge in [0, 0.05) is 43.0 Å². The summed E-state index contributed by atoms with van der Waals surface area (Å²) < 4.78 is 27.9. The first kappa shape index (κ1) is 26.7. The molecule has 0 spiro atoms. The number of anilines is 1. The molecule has 0 heterocycles. The molecule has 0 aromatic heterocycles. The van der Waals surface area contributed by atoms with E-state index in [2.05, 4.69) is 15.6 Å². The first-order chi connectivity index (χ1) is 15.6. The highest BCUT2D eigenvalue weighted by Crippen LogP contribution is 2.40. The third-order valence-electron chi connectivity index (χ3n) is 5.47. The van der Waals surface area contributed by atoms with Crippen LogP contribution in [0.3, 0.4) is 0 Å². The Hall–Kier alpha value is -2.56. The number of hydrogen-bond acceptors (Lipinski definition) is 6. The molecule has 3 rings (SSSR count). The zero-order chi connectivity index (χ0) is 22.9. The van der Waals surface area contributed by atoms with Gasteiger partial charge in [0.1, 0.15) is 11.5 Å². The van der Waals surface area contributed by atoms with Gasteiger partial charge in [-0.2, -0.15) is 0 Å². The standard InChI is InChI=1S/C24H33N3O5.HI/c1-25-24(27-17-12-21(29-3)23(31-5)22(13-17)30-4)26-15-16-10-11-19(28-2)14-20(16)32-18-8-6-7-9-18;/h10-14,18H,6-9,15H2,1-5H3,(H2,25,26,27);1H. The average Bonchev–Trinajstić information content (AvgIpc) is 3.34. The number of guanidine groups is 1. The van der Waals surface area contributed by atoms with Crippen LogP contribution in [0.2, 0.25) is 0 Å². The number of nitrogens with one attached hydrogen (secondary N) is 2. The molecule has 182 valence electrons. The maximum absolute atomic E-state index is 6.29. The Bertz CT molecular complexity index is 907. The molecule has 0 radical (unpaired) electrons. The van der Waals surface area contributed by atoms with Gasteiger partial charge in [-0.3, -0.25) is 4.99 Å². The number of aliphatic imine (C=N–C) groups is 1. The molecule has 0 bridgehead atoms. The smallest absolute Gasteiger partial charge is 0.203 e. The van der Waals surface area contributed by atoms with Crippen LogP contribution >= 0.6 is 24.0 Å². The summed E-state index contributed by atoms with van der Waals surface area (Å²) in [5, 5.41) is 6.62. The number of halogens is 1. The van der Waals surface area contributed by atoms with Crippen LogP contribution in [0.4, 0.5) is 5.69 Å². The molecular formula is C24H34IN3O5. The zero-order valence-electron chi connectivity index (χ0n) is 19.9. The van der Waals surface area contributed by atoms with Crippen molar-refractivity contribution in [3.8, 4) is 28.7 Å². The predicted octanol–water partition coefficient (Wildman–Crippen LogP) is 4.85. The summed E-state index contributed by atoms with van der Waals surface area (Å²) in [7, 11) is 8.13. The van der Waals surface area contributed by atoms with Crippen molar-refractivity contribution in [3.05, 3.63) is 35.9 Å². The highest BCUT2D eigenvalue weighted by Gasteiger charge is 2.19. The van der Waals surface area contributed by atoms with Gasteiger partial charge in [-0.1, -0.05) is 0 Å². The summed E-state index contributed by atoms with van der Waals surface area (Å²) in [6.07, 6.45) is 4.88. The maximum Gasteiger partial charge on any atom is 0.203 e. The molecule has 1 aliphatic rings. The van der Waals surface area contributed by atoms with E-state index in [4.69, 9.17) is 23.7 Å². The third kappa shape index (κ3) is 6.96. The molecule has 0 unspecified atom stereocenters. The molecule has 2 N–H and O–H groups in total. The molecule has 9 heteroatoms. The lowest BCUT2D eigenvalue weighted by atomic mass is 10.2. The van der Waals surface area contributed by atoms with E-state index in [1.165, 1.54) is 12.8 Å². The van der Waals surface area contributed by atoms with Gasteiger partial charge in [-0.25, -0.2) is 0 Å². The van der Waals surface area contributed by atoms with E-state index in [9.17, 15) is 0 Å². The number of hydrogen-bond donors (Lipinski definition) is 2. The average molecular weight is 571 g/mol. The monoisotopic (exact) mass is 571 g/mol. The van der Waals surface area contributed by atoms with Crippen LogP contribution in [0, 0.1) is 0 Å². The summed E-state index contributed by atoms with van der Waals surface area (Å²) in [4.78, 5) is 4.33. The minimum Gasteiger partial charge on any atom is -0.497 e. The zero-order valence-corrected chi connectivity index (χ0v) is 22.2. The van der Waals surface area contributed by atoms with E-state index in [0.717, 1.165) is 35.6 Å². The molecule has 1 saturated carbocycles. The largest absolute Gasteiger partial charge is 0.497 e. The first-order valence-corrected chi connectivity index (χ1v) is 10.7. The van der Waals surface area contributed by atoms with Gasteiger partial charge in [0.05, 0.1) is 34.5 Å². The second-order valence-electron chi connectivity index (χ2n) is 7.46. The fourth-order valence-electron chi connectivity index (χ4n) is 3.75. The van der Waals surface area contributed by atoms with Crippen LogP contribution in [-0.4, -0.2) is 47.6 Å². The molecule has 2 aromatic rings. The predicted molar refractivity (Wildman–Crippen MR) is 141 cm³/mol. The van der Waals surface area contributed by atoms with Crippen LogP contribution in [0.25, 0.3) is 0 Å². The SMILES string of the molecule is CN=C(NCc1ccc(OC)cc1OC1CCCC1)Nc1cc(OC)c(OC)c(OC)c1.I. The second kappa shape index (κ2) is 13.2. The quantitative estimate of drug-likeness (QED) is 0.253. The molecule has 0 atom stereocenters. The minimum atomic E-state index is 0. The lowest BCUT2D eigenvalue weighted by Gasteiger charge is -2.19. The summed E-state index contributed by atoms with van der Waals surface area (Å²) >= 11 is 0. The van der Waals surface area contributed by atoms with Gasteiger partial charge in [0.2, 0.25) is 5.75 Å². The number of benzene rings is 2. The fraction of sp³-hybridized carbons (Fsp3) is 0.458. The van der Waals surface area contributed by atoms with E-state index < -0.39 is 0 Å². The van der Waals surface area contributed by atoms with Crippen molar-refractivity contribution in [3.63, 3.8) is 0 Å². The molecule has 0 aliphatic heterocycles. The minimum absolute atomic E-state index is 0. The highest BCUT2D eigenvalue weighted by molar-refractivity contribution is 14.0. The Morgan fingerprint density at radius 1 is 0.909 bits per heavy atom. The number of ether oxygens (including phenoxy) is 5. The van der Waals surface area contributed by atoms with Crippen LogP contribution in [0.5, 0.6) is 28.7 Å². The van der Waals surface area contributed by atoms with E-state index in [1.807, 2.05) is 30.3 Å². The molecule has 2 aromatic carbocycles. The molecule has 0 saturated heterocycles. The molecule has 1 aliphatic carbocycles. The van der Waals surface area contributed by atoms with Crippen LogP contribution in [0.1, 0.15) is 31.2 Å². The Balaban J connectivity index is 0.00000385. The summed E-state index contributed by atoms with van der Waals surface area (Å²) in [6.45, 7) is 0.538. The summed E-state index contributed by atoms with van der Waals surface area (Å²) in [5.74, 6) is 3.88. The Labute approximate surface area is 213 Å². The number of rotatable bonds is 9. The van der Waals surface area contributed by atoms with E-state index in [1.54, 1.807) is 35.5 Å². The van der Waals surface area contributed by atoms with Crippen molar-refractivity contribution in [1.82, 2.24) is 5.32 Å². The molecule has 33 heavy (non-hydrogen) atoms. The van der Waals surface area contributed by atoms with Crippen molar-refractivity contribution in [1.29, 1.82) is 0 Å². The second-order valence-corrected chi connectivity index (χ2v) is 7.46. The van der Waals surface area contributed by atoms with Crippen molar-refractivity contribution >= 4 is 35.6 Å². The van der Waals surface area contributed by atoms with Gasteiger partial charge in [0.15, 0.2) is 17.5 Å². The van der Waals surface area contributed by atoms with Gasteiger partial charge in [-0.15, -0.1) is 24.0 Å². The van der Waals surface area contributed by atoms with Crippen LogP contribution in [-0.2, 0) is 6.54 Å². The molecular weight excluding hydrogens is 537 g/mol. The molecule has 0 amide bonds. The van der Waals surface area contributed by atoms with Gasteiger partial charge in [-0.05, 0) is 37.8 Å². The maximum atomic E-state index is 6.29. The number of nitrogens with zero attached hydrogens (tertiary/aromatic N) is 1. The lowest BCUT2D eigenvalue weighted by molar-refractivity contribution is 0.207. The van der Waals surface area contributed by atoms with Crippen molar-refractivity contribution in [2.45, 2.75) is 38.3 Å². The van der Waals surface area contributed by atoms with Crippen molar-refractivity contribution in [2.24, 2.45) is 4.99 Å². The fourth-order valence-corrected chi connectivity index (χ4v) is 3.75. The van der Waals surface area contributed by atoms with Crippen LogP contribution in [0.15, 0.2) is 35.3 Å². The van der Waals surface area contributed by atoms with E-state index >= 15 is 0 Å².